The van der Waals surface area contributed by atoms with Crippen LogP contribution < -0.4 is 0 Å². The molecule has 1 aliphatic heterocycles. The highest BCUT2D eigenvalue weighted by Gasteiger charge is 2.60. The van der Waals surface area contributed by atoms with E-state index in [1.807, 2.05) is 0 Å². The van der Waals surface area contributed by atoms with Gasteiger partial charge in [-0.1, -0.05) is 27.7 Å². The van der Waals surface area contributed by atoms with Gasteiger partial charge in [0.05, 0.1) is 6.10 Å². The van der Waals surface area contributed by atoms with Gasteiger partial charge >= 0.3 is 0 Å². The predicted octanol–water partition coefficient (Wildman–Crippen LogP) is 5.36. The molecule has 0 amide bonds. The lowest BCUT2D eigenvalue weighted by molar-refractivity contribution is -0.139. The van der Waals surface area contributed by atoms with Crippen LogP contribution in [-0.4, -0.2) is 37.2 Å². The number of piperidine rings is 1. The van der Waals surface area contributed by atoms with Crippen molar-refractivity contribution in [3.8, 4) is 0 Å². The van der Waals surface area contributed by atoms with Crippen molar-refractivity contribution in [3.63, 3.8) is 0 Å². The molecule has 0 radical (unpaired) electrons. The van der Waals surface area contributed by atoms with E-state index in [0.717, 1.165) is 30.4 Å². The molecular formula is C23H41NO. The quantitative estimate of drug-likeness (QED) is 0.681. The molecule has 4 aliphatic rings. The fourth-order valence-corrected chi connectivity index (χ4v) is 7.91. The Bertz CT molecular complexity index is 490. The van der Waals surface area contributed by atoms with Crippen LogP contribution in [0.4, 0.5) is 0 Å². The van der Waals surface area contributed by atoms with E-state index in [2.05, 4.69) is 39.6 Å². The third-order valence-corrected chi connectivity index (χ3v) is 9.12. The molecule has 25 heavy (non-hydrogen) atoms. The molecule has 144 valence electrons. The molecular weight excluding hydrogens is 306 g/mol. The van der Waals surface area contributed by atoms with Crippen molar-refractivity contribution in [1.82, 2.24) is 4.90 Å². The van der Waals surface area contributed by atoms with Gasteiger partial charge in [0.2, 0.25) is 0 Å². The summed E-state index contributed by atoms with van der Waals surface area (Å²) in [5.41, 5.74) is 1.04. The van der Waals surface area contributed by atoms with E-state index in [1.165, 1.54) is 57.9 Å². The topological polar surface area (TPSA) is 12.5 Å². The normalized spacial score (nSPS) is 50.4. The zero-order chi connectivity index (χ0) is 17.8. The number of ether oxygens (including phenoxy) is 1. The molecule has 4 rings (SSSR count). The molecule has 1 heterocycles. The van der Waals surface area contributed by atoms with Crippen LogP contribution in [0, 0.1) is 34.5 Å². The van der Waals surface area contributed by atoms with Crippen LogP contribution in [0.1, 0.15) is 79.1 Å². The lowest BCUT2D eigenvalue weighted by Gasteiger charge is -2.62. The maximum Gasteiger partial charge on any atom is 0.0631 e. The average molecular weight is 348 g/mol. The SMILES string of the molecule is CC(C)CO[C@H]1CC[C@H]2[C@@H]3CC[C@H]4N(C)CCC[C@]4(C)[C@H]3CC[C@]12C. The van der Waals surface area contributed by atoms with Gasteiger partial charge in [-0.05, 0) is 99.5 Å². The maximum atomic E-state index is 6.46. The summed E-state index contributed by atoms with van der Waals surface area (Å²) >= 11 is 0. The van der Waals surface area contributed by atoms with Crippen molar-refractivity contribution in [2.24, 2.45) is 34.5 Å². The minimum Gasteiger partial charge on any atom is -0.377 e. The van der Waals surface area contributed by atoms with Crippen LogP contribution >= 0.6 is 0 Å². The first kappa shape index (κ1) is 18.3. The summed E-state index contributed by atoms with van der Waals surface area (Å²) in [6, 6.07) is 0.848. The summed E-state index contributed by atoms with van der Waals surface area (Å²) in [4.78, 5) is 2.71. The van der Waals surface area contributed by atoms with Gasteiger partial charge in [0.15, 0.2) is 0 Å². The molecule has 0 unspecified atom stereocenters. The summed E-state index contributed by atoms with van der Waals surface area (Å²) in [6.07, 6.45) is 11.9. The molecule has 0 N–H and O–H groups in total. The first-order valence-electron chi connectivity index (χ1n) is 11.2. The first-order chi connectivity index (χ1) is 11.9. The van der Waals surface area contributed by atoms with Crippen molar-refractivity contribution in [2.45, 2.75) is 91.2 Å². The number of rotatable bonds is 3. The maximum absolute atomic E-state index is 6.46. The van der Waals surface area contributed by atoms with E-state index >= 15 is 0 Å². The molecule has 0 aromatic heterocycles. The van der Waals surface area contributed by atoms with Gasteiger partial charge in [-0.3, -0.25) is 0 Å². The molecule has 4 fully saturated rings. The Morgan fingerprint density at radius 1 is 0.960 bits per heavy atom. The summed E-state index contributed by atoms with van der Waals surface area (Å²) < 4.78 is 6.46. The number of hydrogen-bond acceptors (Lipinski definition) is 2. The van der Waals surface area contributed by atoms with E-state index < -0.39 is 0 Å². The van der Waals surface area contributed by atoms with E-state index in [1.54, 1.807) is 0 Å². The molecule has 3 saturated carbocycles. The standard InChI is InChI=1S/C23H41NO/c1-16(2)15-25-21-10-8-18-17-7-9-20-22(3,12-6-14-24(20)5)19(17)11-13-23(18,21)4/h16-21H,6-15H2,1-5H3/t17-,18-,19-,20+,21-,22+,23-/m0/s1. The fraction of sp³-hybridized carbons (Fsp3) is 1.00. The van der Waals surface area contributed by atoms with E-state index in [0.29, 0.717) is 22.9 Å². The minimum absolute atomic E-state index is 0.458. The van der Waals surface area contributed by atoms with E-state index in [-0.39, 0.29) is 0 Å². The van der Waals surface area contributed by atoms with Crippen LogP contribution in [0.2, 0.25) is 0 Å². The Kier molecular flexibility index (Phi) is 4.77. The highest BCUT2D eigenvalue weighted by molar-refractivity contribution is 5.11. The zero-order valence-corrected chi connectivity index (χ0v) is 17.4. The molecule has 0 spiro atoms. The molecule has 1 saturated heterocycles. The largest absolute Gasteiger partial charge is 0.377 e. The molecule has 2 nitrogen and oxygen atoms in total. The minimum atomic E-state index is 0.458. The van der Waals surface area contributed by atoms with Gasteiger partial charge in [0.1, 0.15) is 0 Å². The summed E-state index contributed by atoms with van der Waals surface area (Å²) in [7, 11) is 2.39. The third-order valence-electron chi connectivity index (χ3n) is 9.12. The number of fused-ring (bicyclic) bond motifs is 5. The van der Waals surface area contributed by atoms with Crippen molar-refractivity contribution in [2.75, 3.05) is 20.2 Å². The molecule has 0 bridgehead atoms. The molecule has 2 heteroatoms. The fourth-order valence-electron chi connectivity index (χ4n) is 7.91. The monoisotopic (exact) mass is 347 g/mol. The van der Waals surface area contributed by atoms with Crippen molar-refractivity contribution < 1.29 is 4.74 Å². The van der Waals surface area contributed by atoms with Gasteiger partial charge in [0, 0.05) is 12.6 Å². The van der Waals surface area contributed by atoms with E-state index in [9.17, 15) is 0 Å². The Hall–Kier alpha value is -0.0800. The Morgan fingerprint density at radius 2 is 1.72 bits per heavy atom. The smallest absolute Gasteiger partial charge is 0.0631 e. The number of hydrogen-bond donors (Lipinski definition) is 0. The zero-order valence-electron chi connectivity index (χ0n) is 17.4. The summed E-state index contributed by atoms with van der Waals surface area (Å²) in [6.45, 7) is 12.1. The number of likely N-dealkylation sites (tertiary alicyclic amines) is 1. The second kappa shape index (κ2) is 6.51. The summed E-state index contributed by atoms with van der Waals surface area (Å²) in [5, 5.41) is 0. The highest BCUT2D eigenvalue weighted by atomic mass is 16.5. The van der Waals surface area contributed by atoms with Gasteiger partial charge < -0.3 is 9.64 Å². The Morgan fingerprint density at radius 3 is 2.48 bits per heavy atom. The van der Waals surface area contributed by atoms with E-state index in [4.69, 9.17) is 4.74 Å². The predicted molar refractivity (Wildman–Crippen MR) is 105 cm³/mol. The Balaban J connectivity index is 1.54. The van der Waals surface area contributed by atoms with Crippen LogP contribution in [-0.2, 0) is 4.74 Å². The van der Waals surface area contributed by atoms with Crippen LogP contribution in [0.5, 0.6) is 0 Å². The lowest BCUT2D eigenvalue weighted by Crippen LogP contribution is -2.60. The Labute approximate surface area is 156 Å². The van der Waals surface area contributed by atoms with Crippen LogP contribution in [0.15, 0.2) is 0 Å². The van der Waals surface area contributed by atoms with Crippen LogP contribution in [0.25, 0.3) is 0 Å². The second-order valence-electron chi connectivity index (χ2n) is 10.9. The lowest BCUT2D eigenvalue weighted by atomic mass is 9.47. The second-order valence-corrected chi connectivity index (χ2v) is 10.9. The third kappa shape index (κ3) is 2.81. The highest BCUT2D eigenvalue weighted by Crippen LogP contribution is 2.65. The van der Waals surface area contributed by atoms with Gasteiger partial charge in [-0.2, -0.15) is 0 Å². The van der Waals surface area contributed by atoms with Crippen molar-refractivity contribution in [1.29, 1.82) is 0 Å². The molecule has 0 aromatic rings. The average Bonchev–Trinajstić information content (AvgIpc) is 2.89. The molecule has 7 atom stereocenters. The molecule has 0 aromatic carbocycles. The van der Waals surface area contributed by atoms with Crippen LogP contribution in [0.3, 0.4) is 0 Å². The number of nitrogens with zero attached hydrogens (tertiary/aromatic N) is 1. The van der Waals surface area contributed by atoms with Crippen molar-refractivity contribution >= 4 is 0 Å². The molecule has 3 aliphatic carbocycles. The first-order valence-corrected chi connectivity index (χ1v) is 11.2. The summed E-state index contributed by atoms with van der Waals surface area (Å²) in [5.74, 6) is 3.52. The van der Waals surface area contributed by atoms with Gasteiger partial charge in [-0.25, -0.2) is 0 Å². The van der Waals surface area contributed by atoms with Gasteiger partial charge in [0.25, 0.3) is 0 Å². The van der Waals surface area contributed by atoms with Crippen molar-refractivity contribution in [3.05, 3.63) is 0 Å². The van der Waals surface area contributed by atoms with Gasteiger partial charge in [-0.15, -0.1) is 0 Å².